The summed E-state index contributed by atoms with van der Waals surface area (Å²) in [7, 11) is 1.59. The average Bonchev–Trinajstić information content (AvgIpc) is 3.21. The molecule has 2 heterocycles. The lowest BCUT2D eigenvalue weighted by molar-refractivity contribution is -0.192. The van der Waals surface area contributed by atoms with Crippen LogP contribution in [0.25, 0.3) is 11.1 Å². The van der Waals surface area contributed by atoms with Gasteiger partial charge in [-0.05, 0) is 54.1 Å². The van der Waals surface area contributed by atoms with Gasteiger partial charge >= 0.3 is 12.1 Å². The van der Waals surface area contributed by atoms with E-state index in [0.717, 1.165) is 11.1 Å². The van der Waals surface area contributed by atoms with Crippen molar-refractivity contribution in [3.05, 3.63) is 76.6 Å². The van der Waals surface area contributed by atoms with E-state index in [1.807, 2.05) is 24.3 Å². The van der Waals surface area contributed by atoms with E-state index in [4.69, 9.17) is 41.4 Å². The molecule has 3 aromatic carbocycles. The number of carbonyl (C=O) groups is 1. The highest BCUT2D eigenvalue weighted by Gasteiger charge is 2.47. The second-order valence-electron chi connectivity index (χ2n) is 7.70. The molecule has 36 heavy (non-hydrogen) atoms. The molecule has 0 aromatic heterocycles. The maximum atomic E-state index is 14.5. The smallest absolute Gasteiger partial charge is 0.490 e. The molecule has 0 radical (unpaired) electrons. The van der Waals surface area contributed by atoms with Gasteiger partial charge in [0.1, 0.15) is 29.7 Å². The minimum atomic E-state index is -5.08. The summed E-state index contributed by atoms with van der Waals surface area (Å²) in [6.45, 7) is 0.210. The fourth-order valence-electron chi connectivity index (χ4n) is 3.85. The van der Waals surface area contributed by atoms with Crippen molar-refractivity contribution in [2.75, 3.05) is 13.7 Å². The van der Waals surface area contributed by atoms with Crippen LogP contribution in [0.3, 0.4) is 0 Å². The van der Waals surface area contributed by atoms with E-state index in [0.29, 0.717) is 33.4 Å². The maximum absolute atomic E-state index is 14.5. The molecular weight excluding hydrogens is 508 g/mol. The molecule has 0 saturated heterocycles. The average molecular weight is 525 g/mol. The predicted octanol–water partition coefficient (Wildman–Crippen LogP) is 5.48. The molecule has 3 N–H and O–H groups in total. The van der Waals surface area contributed by atoms with Crippen LogP contribution in [0.4, 0.5) is 17.6 Å². The Kier molecular flexibility index (Phi) is 6.44. The number of aliphatic carboxylic acids is 1. The minimum Gasteiger partial charge on any atom is -0.497 e. The molecule has 1 spiro atoms. The van der Waals surface area contributed by atoms with Crippen LogP contribution < -0.4 is 15.2 Å². The van der Waals surface area contributed by atoms with Crippen LogP contribution in [0.1, 0.15) is 11.1 Å². The number of rotatable bonds is 2. The Morgan fingerprint density at radius 3 is 2.31 bits per heavy atom. The molecule has 0 bridgehead atoms. The Hall–Kier alpha value is -3.99. The van der Waals surface area contributed by atoms with Gasteiger partial charge < -0.3 is 25.1 Å². The summed E-state index contributed by atoms with van der Waals surface area (Å²) in [4.78, 5) is 13.5. The lowest BCUT2D eigenvalue weighted by atomic mass is 9.80. The van der Waals surface area contributed by atoms with Crippen LogP contribution in [-0.4, -0.2) is 37.0 Å². The summed E-state index contributed by atoms with van der Waals surface area (Å²) in [6.07, 6.45) is -5.08. The third kappa shape index (κ3) is 4.61. The number of hydrogen-bond donors (Lipinski definition) is 2. The number of nitrogens with two attached hydrogens (primary N) is 1. The molecule has 0 aliphatic carbocycles. The summed E-state index contributed by atoms with van der Waals surface area (Å²) in [5.41, 5.74) is 7.62. The molecule has 0 fully saturated rings. The van der Waals surface area contributed by atoms with E-state index in [1.54, 1.807) is 31.4 Å². The van der Waals surface area contributed by atoms with Crippen molar-refractivity contribution in [3.63, 3.8) is 0 Å². The first kappa shape index (κ1) is 25.1. The predicted molar refractivity (Wildman–Crippen MR) is 122 cm³/mol. The number of methoxy groups -OCH3 is 1. The van der Waals surface area contributed by atoms with E-state index in [-0.39, 0.29) is 12.6 Å². The van der Waals surface area contributed by atoms with Gasteiger partial charge in [0.05, 0.1) is 7.11 Å². The van der Waals surface area contributed by atoms with Crippen LogP contribution in [0.15, 0.2) is 59.6 Å². The number of benzene rings is 3. The van der Waals surface area contributed by atoms with E-state index < -0.39 is 23.5 Å². The summed E-state index contributed by atoms with van der Waals surface area (Å²) in [5, 5.41) is 7.46. The first-order valence-electron chi connectivity index (χ1n) is 10.2. The summed E-state index contributed by atoms with van der Waals surface area (Å²) < 4.78 is 63.3. The van der Waals surface area contributed by atoms with Crippen molar-refractivity contribution in [2.45, 2.75) is 11.7 Å². The largest absolute Gasteiger partial charge is 0.497 e. The van der Waals surface area contributed by atoms with E-state index in [9.17, 15) is 17.6 Å². The van der Waals surface area contributed by atoms with Crippen molar-refractivity contribution in [1.82, 2.24) is 0 Å². The Balaban J connectivity index is 0.000000384. The molecule has 2 aliphatic heterocycles. The van der Waals surface area contributed by atoms with Crippen LogP contribution >= 0.6 is 11.6 Å². The number of aliphatic imine (C=N–C) groups is 1. The van der Waals surface area contributed by atoms with Crippen LogP contribution in [0, 0.1) is 5.82 Å². The lowest BCUT2D eigenvalue weighted by Crippen LogP contribution is -2.31. The molecular formula is C24H17ClF4N2O5. The van der Waals surface area contributed by atoms with E-state index >= 15 is 0 Å². The van der Waals surface area contributed by atoms with Crippen molar-refractivity contribution < 1.29 is 41.7 Å². The van der Waals surface area contributed by atoms with Gasteiger partial charge in [-0.25, -0.2) is 14.2 Å². The molecule has 3 aromatic rings. The summed E-state index contributed by atoms with van der Waals surface area (Å²) in [6, 6.07) is 15.7. The van der Waals surface area contributed by atoms with Gasteiger partial charge in [-0.15, -0.1) is 0 Å². The molecule has 12 heteroatoms. The number of carboxylic acids is 1. The lowest BCUT2D eigenvalue weighted by Gasteiger charge is -2.34. The molecule has 5 rings (SSSR count). The number of ether oxygens (including phenoxy) is 3. The van der Waals surface area contributed by atoms with Crippen LogP contribution in [-0.2, 0) is 15.1 Å². The summed E-state index contributed by atoms with van der Waals surface area (Å²) in [5.74, 6) is -1.24. The molecule has 188 valence electrons. The number of carboxylic acid groups (broad SMARTS) is 1. The van der Waals surface area contributed by atoms with Crippen molar-refractivity contribution in [1.29, 1.82) is 0 Å². The fraction of sp³-hybridized carbons (Fsp3) is 0.167. The van der Waals surface area contributed by atoms with Crippen molar-refractivity contribution in [3.8, 4) is 28.4 Å². The molecule has 1 atom stereocenters. The zero-order valence-corrected chi connectivity index (χ0v) is 19.2. The molecule has 2 aliphatic rings. The van der Waals surface area contributed by atoms with Gasteiger partial charge in [-0.2, -0.15) is 13.2 Å². The normalized spacial score (nSPS) is 17.6. The van der Waals surface area contributed by atoms with Gasteiger partial charge in [0.2, 0.25) is 0 Å². The van der Waals surface area contributed by atoms with Gasteiger partial charge in [0.25, 0.3) is 6.02 Å². The standard InChI is InChI=1S/C22H16ClFN2O3.C2HF3O2/c1-27-14-4-7-20-17(10-14)22(11-28-21(25)26-22)16-8-12(2-6-19(16)29-20)15-5-3-13(23)9-18(15)24;3-2(4,5)1(6)7/h2-10H,11H2,1H3,(H2,25,26);(H,6,7). The Bertz CT molecular complexity index is 1380. The molecule has 0 saturated carbocycles. The first-order chi connectivity index (χ1) is 16.9. The number of alkyl halides is 3. The van der Waals surface area contributed by atoms with Gasteiger partial charge in [0, 0.05) is 21.7 Å². The quantitative estimate of drug-likeness (QED) is 0.430. The van der Waals surface area contributed by atoms with Crippen molar-refractivity contribution >= 4 is 23.6 Å². The number of hydrogen-bond acceptors (Lipinski definition) is 6. The Morgan fingerprint density at radius 1 is 1.11 bits per heavy atom. The number of fused-ring (bicyclic) bond motifs is 4. The van der Waals surface area contributed by atoms with E-state index in [2.05, 4.69) is 4.99 Å². The monoisotopic (exact) mass is 524 g/mol. The maximum Gasteiger partial charge on any atom is 0.490 e. The second kappa shape index (κ2) is 9.23. The van der Waals surface area contributed by atoms with Gasteiger partial charge in [-0.1, -0.05) is 17.7 Å². The minimum absolute atomic E-state index is 0.0923. The number of amidine groups is 1. The molecule has 0 amide bonds. The highest BCUT2D eigenvalue weighted by Crippen LogP contribution is 2.52. The zero-order chi connectivity index (χ0) is 26.3. The highest BCUT2D eigenvalue weighted by molar-refractivity contribution is 6.30. The first-order valence-corrected chi connectivity index (χ1v) is 10.6. The van der Waals surface area contributed by atoms with Gasteiger partial charge in [-0.3, -0.25) is 0 Å². The van der Waals surface area contributed by atoms with Crippen LogP contribution in [0.2, 0.25) is 5.02 Å². The number of nitrogens with zero attached hydrogens (tertiary/aromatic N) is 1. The van der Waals surface area contributed by atoms with Crippen molar-refractivity contribution in [2.24, 2.45) is 10.7 Å². The third-order valence-corrected chi connectivity index (χ3v) is 5.73. The number of halogens is 5. The fourth-order valence-corrected chi connectivity index (χ4v) is 4.01. The topological polar surface area (TPSA) is 103 Å². The van der Waals surface area contributed by atoms with E-state index in [1.165, 1.54) is 6.07 Å². The van der Waals surface area contributed by atoms with Crippen LogP contribution in [0.5, 0.6) is 17.2 Å². The van der Waals surface area contributed by atoms with Gasteiger partial charge in [0.15, 0.2) is 5.54 Å². The second-order valence-corrected chi connectivity index (χ2v) is 8.14. The third-order valence-electron chi connectivity index (χ3n) is 5.49. The SMILES string of the molecule is COc1ccc2c(c1)C1(COC(N)=N1)c1cc(-c3ccc(Cl)cc3F)ccc1O2.O=C(O)C(F)(F)F. The molecule has 1 unspecified atom stereocenters. The zero-order valence-electron chi connectivity index (χ0n) is 18.4. The Labute approximate surface area is 206 Å². The highest BCUT2D eigenvalue weighted by atomic mass is 35.5. The summed E-state index contributed by atoms with van der Waals surface area (Å²) >= 11 is 5.90. The Morgan fingerprint density at radius 2 is 1.75 bits per heavy atom. The molecule has 7 nitrogen and oxygen atoms in total.